The molecule has 1 aromatic heterocycles. The minimum atomic E-state index is -1.05. The molecule has 0 bridgehead atoms. The number of methoxy groups -OCH3 is 1. The first kappa shape index (κ1) is 12.7. The summed E-state index contributed by atoms with van der Waals surface area (Å²) in [5.74, 6) is -1.06. The van der Waals surface area contributed by atoms with Crippen molar-refractivity contribution in [3.05, 3.63) is 23.7 Å². The molecule has 0 saturated heterocycles. The second kappa shape index (κ2) is 5.14. The van der Waals surface area contributed by atoms with Crippen LogP contribution in [0.2, 0.25) is 0 Å². The average Bonchev–Trinajstić information content (AvgIpc) is 2.62. The molecule has 5 heteroatoms. The zero-order valence-electron chi connectivity index (χ0n) is 9.74. The Balaban J connectivity index is 2.61. The van der Waals surface area contributed by atoms with Crippen molar-refractivity contribution in [2.75, 3.05) is 13.7 Å². The number of hydrogen-bond acceptors (Lipinski definition) is 4. The lowest BCUT2D eigenvalue weighted by Crippen LogP contribution is -2.42. The average molecular weight is 227 g/mol. The number of nitrogens with one attached hydrogen (secondary N) is 1. The van der Waals surface area contributed by atoms with Gasteiger partial charge in [-0.25, -0.2) is 4.79 Å². The normalized spacial score (nSPS) is 11.7. The van der Waals surface area contributed by atoms with Crippen LogP contribution >= 0.6 is 0 Å². The van der Waals surface area contributed by atoms with Gasteiger partial charge in [0.25, 0.3) is 0 Å². The topological polar surface area (TPSA) is 71.7 Å². The van der Waals surface area contributed by atoms with Crippen molar-refractivity contribution in [1.29, 1.82) is 0 Å². The van der Waals surface area contributed by atoms with Gasteiger partial charge in [-0.1, -0.05) is 0 Å². The molecule has 1 rings (SSSR count). The second-order valence-corrected chi connectivity index (χ2v) is 4.25. The van der Waals surface area contributed by atoms with Gasteiger partial charge in [-0.2, -0.15) is 0 Å². The minimum absolute atomic E-state index is 0.0132. The SMILES string of the molecule is COCC(C)(C)NCc1ccoc1C(=O)O. The van der Waals surface area contributed by atoms with Crippen LogP contribution in [0, 0.1) is 0 Å². The van der Waals surface area contributed by atoms with Crippen molar-refractivity contribution in [3.63, 3.8) is 0 Å². The monoisotopic (exact) mass is 227 g/mol. The van der Waals surface area contributed by atoms with E-state index in [-0.39, 0.29) is 11.3 Å². The van der Waals surface area contributed by atoms with Crippen LogP contribution in [-0.4, -0.2) is 30.3 Å². The Morgan fingerprint density at radius 3 is 2.88 bits per heavy atom. The predicted molar refractivity (Wildman–Crippen MR) is 58.5 cm³/mol. The highest BCUT2D eigenvalue weighted by Crippen LogP contribution is 2.12. The van der Waals surface area contributed by atoms with Crippen LogP contribution in [-0.2, 0) is 11.3 Å². The van der Waals surface area contributed by atoms with Gasteiger partial charge < -0.3 is 19.6 Å². The van der Waals surface area contributed by atoms with E-state index in [1.54, 1.807) is 13.2 Å². The number of furan rings is 1. The summed E-state index contributed by atoms with van der Waals surface area (Å²) in [6.45, 7) is 4.95. The maximum absolute atomic E-state index is 10.8. The van der Waals surface area contributed by atoms with Crippen molar-refractivity contribution in [1.82, 2.24) is 5.32 Å². The molecular weight excluding hydrogens is 210 g/mol. The Bertz CT molecular complexity index is 357. The third kappa shape index (κ3) is 3.36. The van der Waals surface area contributed by atoms with E-state index in [2.05, 4.69) is 5.32 Å². The lowest BCUT2D eigenvalue weighted by Gasteiger charge is -2.25. The Hall–Kier alpha value is -1.33. The van der Waals surface area contributed by atoms with E-state index in [0.29, 0.717) is 18.7 Å². The molecule has 0 saturated carbocycles. The molecular formula is C11H17NO4. The van der Waals surface area contributed by atoms with Crippen molar-refractivity contribution < 1.29 is 19.1 Å². The van der Waals surface area contributed by atoms with Gasteiger partial charge in [0.15, 0.2) is 0 Å². The van der Waals surface area contributed by atoms with Gasteiger partial charge in [0.1, 0.15) is 0 Å². The highest BCUT2D eigenvalue weighted by Gasteiger charge is 2.19. The predicted octanol–water partition coefficient (Wildman–Crippen LogP) is 1.49. The number of carbonyl (C=O) groups is 1. The van der Waals surface area contributed by atoms with Gasteiger partial charge in [-0.3, -0.25) is 0 Å². The molecule has 0 aliphatic rings. The minimum Gasteiger partial charge on any atom is -0.475 e. The zero-order valence-corrected chi connectivity index (χ0v) is 9.74. The number of carboxylic acid groups (broad SMARTS) is 1. The lowest BCUT2D eigenvalue weighted by atomic mass is 10.1. The molecule has 1 aromatic rings. The quantitative estimate of drug-likeness (QED) is 0.770. The molecule has 0 radical (unpaired) electrons. The number of rotatable bonds is 6. The Morgan fingerprint density at radius 2 is 2.31 bits per heavy atom. The van der Waals surface area contributed by atoms with E-state index in [4.69, 9.17) is 14.3 Å². The molecule has 2 N–H and O–H groups in total. The molecule has 0 amide bonds. The first-order valence-corrected chi connectivity index (χ1v) is 5.00. The fraction of sp³-hybridized carbons (Fsp3) is 0.545. The molecule has 16 heavy (non-hydrogen) atoms. The molecule has 5 nitrogen and oxygen atoms in total. The lowest BCUT2D eigenvalue weighted by molar-refractivity contribution is 0.0659. The van der Waals surface area contributed by atoms with Crippen LogP contribution in [0.25, 0.3) is 0 Å². The van der Waals surface area contributed by atoms with E-state index in [1.165, 1.54) is 6.26 Å². The largest absolute Gasteiger partial charge is 0.475 e. The molecule has 0 fully saturated rings. The summed E-state index contributed by atoms with van der Waals surface area (Å²) in [4.78, 5) is 10.8. The molecule has 0 aliphatic carbocycles. The fourth-order valence-corrected chi connectivity index (χ4v) is 1.41. The van der Waals surface area contributed by atoms with Gasteiger partial charge in [0.2, 0.25) is 5.76 Å². The summed E-state index contributed by atoms with van der Waals surface area (Å²) in [5.41, 5.74) is 0.429. The summed E-state index contributed by atoms with van der Waals surface area (Å²) in [7, 11) is 1.63. The van der Waals surface area contributed by atoms with Gasteiger partial charge in [-0.15, -0.1) is 0 Å². The molecule has 0 atom stereocenters. The van der Waals surface area contributed by atoms with Crippen LogP contribution in [0.5, 0.6) is 0 Å². The standard InChI is InChI=1S/C11H17NO4/c1-11(2,7-15-3)12-6-8-4-5-16-9(8)10(13)14/h4-5,12H,6-7H2,1-3H3,(H,13,14). The Labute approximate surface area is 94.4 Å². The molecule has 1 heterocycles. The van der Waals surface area contributed by atoms with Crippen LogP contribution in [0.1, 0.15) is 30.0 Å². The summed E-state index contributed by atoms with van der Waals surface area (Å²) in [6, 6.07) is 1.65. The van der Waals surface area contributed by atoms with Crippen LogP contribution < -0.4 is 5.32 Å². The molecule has 0 aromatic carbocycles. The van der Waals surface area contributed by atoms with E-state index in [0.717, 1.165) is 0 Å². The van der Waals surface area contributed by atoms with E-state index >= 15 is 0 Å². The van der Waals surface area contributed by atoms with Gasteiger partial charge in [0.05, 0.1) is 12.9 Å². The van der Waals surface area contributed by atoms with Crippen molar-refractivity contribution >= 4 is 5.97 Å². The molecule has 0 spiro atoms. The van der Waals surface area contributed by atoms with Gasteiger partial charge in [-0.05, 0) is 19.9 Å². The number of aromatic carboxylic acids is 1. The number of hydrogen-bond donors (Lipinski definition) is 2. The smallest absolute Gasteiger partial charge is 0.372 e. The summed E-state index contributed by atoms with van der Waals surface area (Å²) >= 11 is 0. The Morgan fingerprint density at radius 1 is 1.62 bits per heavy atom. The highest BCUT2D eigenvalue weighted by atomic mass is 16.5. The maximum atomic E-state index is 10.8. The Kier molecular flexibility index (Phi) is 4.09. The summed E-state index contributed by atoms with van der Waals surface area (Å²) < 4.78 is 9.93. The van der Waals surface area contributed by atoms with Gasteiger partial charge >= 0.3 is 5.97 Å². The first-order chi connectivity index (χ1) is 7.46. The third-order valence-corrected chi connectivity index (χ3v) is 2.20. The third-order valence-electron chi connectivity index (χ3n) is 2.20. The number of ether oxygens (including phenoxy) is 1. The first-order valence-electron chi connectivity index (χ1n) is 5.00. The van der Waals surface area contributed by atoms with Crippen molar-refractivity contribution in [3.8, 4) is 0 Å². The molecule has 90 valence electrons. The van der Waals surface area contributed by atoms with Crippen LogP contribution in [0.4, 0.5) is 0 Å². The maximum Gasteiger partial charge on any atom is 0.372 e. The van der Waals surface area contributed by atoms with Crippen LogP contribution in [0.15, 0.2) is 16.7 Å². The van der Waals surface area contributed by atoms with Gasteiger partial charge in [0, 0.05) is 24.8 Å². The van der Waals surface area contributed by atoms with E-state index in [1.807, 2.05) is 13.8 Å². The van der Waals surface area contributed by atoms with Crippen molar-refractivity contribution in [2.45, 2.75) is 25.9 Å². The van der Waals surface area contributed by atoms with Crippen LogP contribution in [0.3, 0.4) is 0 Å². The fourth-order valence-electron chi connectivity index (χ4n) is 1.41. The molecule has 0 aliphatic heterocycles. The second-order valence-electron chi connectivity index (χ2n) is 4.25. The molecule has 0 unspecified atom stereocenters. The summed E-state index contributed by atoms with van der Waals surface area (Å²) in [5, 5.41) is 12.1. The van der Waals surface area contributed by atoms with E-state index in [9.17, 15) is 4.79 Å². The summed E-state index contributed by atoms with van der Waals surface area (Å²) in [6.07, 6.45) is 1.38. The highest BCUT2D eigenvalue weighted by molar-refractivity contribution is 5.86. The number of carboxylic acids is 1. The van der Waals surface area contributed by atoms with Crippen molar-refractivity contribution in [2.24, 2.45) is 0 Å². The zero-order chi connectivity index (χ0) is 12.2. The van der Waals surface area contributed by atoms with E-state index < -0.39 is 5.97 Å².